The Morgan fingerprint density at radius 2 is 1.68 bits per heavy atom. The van der Waals surface area contributed by atoms with Gasteiger partial charge in [-0.05, 0) is 54.7 Å². The van der Waals surface area contributed by atoms with Gasteiger partial charge in [-0.1, -0.05) is 18.2 Å². The SMILES string of the molecule is Oc1ccc(NC2CC(c3ccccc3F)C2)cc1. The lowest BCUT2D eigenvalue weighted by molar-refractivity contribution is 0.363. The molecule has 0 spiro atoms. The van der Waals surface area contributed by atoms with Crippen molar-refractivity contribution in [1.82, 2.24) is 0 Å². The third-order valence-corrected chi connectivity index (χ3v) is 3.72. The first-order valence-electron chi connectivity index (χ1n) is 6.52. The fraction of sp³-hybridized carbons (Fsp3) is 0.250. The zero-order valence-electron chi connectivity index (χ0n) is 10.5. The van der Waals surface area contributed by atoms with Crippen molar-refractivity contribution in [3.8, 4) is 5.75 Å². The second kappa shape index (κ2) is 4.92. The van der Waals surface area contributed by atoms with Gasteiger partial charge in [0.2, 0.25) is 0 Å². The maximum absolute atomic E-state index is 13.6. The van der Waals surface area contributed by atoms with Crippen LogP contribution in [0.25, 0.3) is 0 Å². The summed E-state index contributed by atoms with van der Waals surface area (Å²) in [6, 6.07) is 14.4. The van der Waals surface area contributed by atoms with Gasteiger partial charge >= 0.3 is 0 Å². The smallest absolute Gasteiger partial charge is 0.126 e. The second-order valence-corrected chi connectivity index (χ2v) is 5.08. The number of aromatic hydroxyl groups is 1. The van der Waals surface area contributed by atoms with Crippen molar-refractivity contribution in [3.05, 3.63) is 59.9 Å². The lowest BCUT2D eigenvalue weighted by Crippen LogP contribution is -2.34. The van der Waals surface area contributed by atoms with Gasteiger partial charge in [-0.3, -0.25) is 0 Å². The largest absolute Gasteiger partial charge is 0.508 e. The van der Waals surface area contributed by atoms with E-state index in [2.05, 4.69) is 5.32 Å². The van der Waals surface area contributed by atoms with Crippen molar-refractivity contribution >= 4 is 5.69 Å². The molecule has 0 atom stereocenters. The first-order chi connectivity index (χ1) is 9.22. The van der Waals surface area contributed by atoms with Crippen LogP contribution >= 0.6 is 0 Å². The maximum atomic E-state index is 13.6. The highest BCUT2D eigenvalue weighted by Crippen LogP contribution is 2.39. The minimum atomic E-state index is -0.101. The van der Waals surface area contributed by atoms with E-state index in [0.29, 0.717) is 12.0 Å². The normalized spacial score (nSPS) is 21.7. The molecule has 2 aromatic rings. The molecule has 0 radical (unpaired) electrons. The number of phenols is 1. The van der Waals surface area contributed by atoms with Gasteiger partial charge in [0, 0.05) is 11.7 Å². The number of halogens is 1. The van der Waals surface area contributed by atoms with Crippen LogP contribution in [-0.2, 0) is 0 Å². The molecule has 3 rings (SSSR count). The number of nitrogens with one attached hydrogen (secondary N) is 1. The molecular weight excluding hydrogens is 241 g/mol. The number of hydrogen-bond donors (Lipinski definition) is 2. The molecule has 2 nitrogen and oxygen atoms in total. The predicted molar refractivity (Wildman–Crippen MR) is 73.9 cm³/mol. The molecule has 1 aliphatic carbocycles. The highest BCUT2D eigenvalue weighted by atomic mass is 19.1. The van der Waals surface area contributed by atoms with Gasteiger partial charge in [-0.2, -0.15) is 0 Å². The molecule has 2 N–H and O–H groups in total. The number of hydrogen-bond acceptors (Lipinski definition) is 2. The van der Waals surface area contributed by atoms with Gasteiger partial charge in [0.05, 0.1) is 0 Å². The first kappa shape index (κ1) is 12.0. The van der Waals surface area contributed by atoms with E-state index in [1.807, 2.05) is 24.3 Å². The summed E-state index contributed by atoms with van der Waals surface area (Å²) < 4.78 is 13.6. The van der Waals surface area contributed by atoms with Crippen LogP contribution < -0.4 is 5.32 Å². The molecule has 0 aromatic heterocycles. The Labute approximate surface area is 111 Å². The Bertz CT molecular complexity index is 561. The Morgan fingerprint density at radius 1 is 1.00 bits per heavy atom. The second-order valence-electron chi connectivity index (χ2n) is 5.08. The molecule has 19 heavy (non-hydrogen) atoms. The summed E-state index contributed by atoms with van der Waals surface area (Å²) in [7, 11) is 0. The fourth-order valence-corrected chi connectivity index (χ4v) is 2.59. The maximum Gasteiger partial charge on any atom is 0.126 e. The van der Waals surface area contributed by atoms with Crippen LogP contribution in [0, 0.1) is 5.82 Å². The van der Waals surface area contributed by atoms with Crippen LogP contribution in [0.5, 0.6) is 5.75 Å². The van der Waals surface area contributed by atoms with Gasteiger partial charge in [0.25, 0.3) is 0 Å². The van der Waals surface area contributed by atoms with Crippen molar-refractivity contribution in [2.75, 3.05) is 5.32 Å². The Morgan fingerprint density at radius 3 is 2.37 bits per heavy atom. The monoisotopic (exact) mass is 257 g/mol. The third-order valence-electron chi connectivity index (χ3n) is 3.72. The summed E-state index contributed by atoms with van der Waals surface area (Å²) in [4.78, 5) is 0. The van der Waals surface area contributed by atoms with Crippen LogP contribution in [0.2, 0.25) is 0 Å². The van der Waals surface area contributed by atoms with Crippen LogP contribution in [0.1, 0.15) is 24.3 Å². The summed E-state index contributed by atoms with van der Waals surface area (Å²) in [5, 5.41) is 12.6. The average Bonchev–Trinajstić information content (AvgIpc) is 2.37. The van der Waals surface area contributed by atoms with Crippen LogP contribution in [0.4, 0.5) is 10.1 Å². The van der Waals surface area contributed by atoms with E-state index in [1.54, 1.807) is 18.2 Å². The van der Waals surface area contributed by atoms with Gasteiger partial charge in [-0.15, -0.1) is 0 Å². The van der Waals surface area contributed by atoms with E-state index >= 15 is 0 Å². The molecule has 1 fully saturated rings. The predicted octanol–water partition coefficient (Wildman–Crippen LogP) is 3.89. The van der Waals surface area contributed by atoms with Crippen LogP contribution in [-0.4, -0.2) is 11.1 Å². The summed E-state index contributed by atoms with van der Waals surface area (Å²) in [5.41, 5.74) is 1.82. The quantitative estimate of drug-likeness (QED) is 0.818. The molecule has 98 valence electrons. The Balaban J connectivity index is 1.58. The first-order valence-corrected chi connectivity index (χ1v) is 6.52. The summed E-state index contributed by atoms with van der Waals surface area (Å²) in [5.74, 6) is 0.481. The molecule has 0 saturated heterocycles. The summed E-state index contributed by atoms with van der Waals surface area (Å²) >= 11 is 0. The zero-order chi connectivity index (χ0) is 13.2. The van der Waals surface area contributed by atoms with Gasteiger partial charge in [0.15, 0.2) is 0 Å². The summed E-state index contributed by atoms with van der Waals surface area (Å²) in [6.45, 7) is 0. The van der Waals surface area contributed by atoms with Crippen LogP contribution in [0.15, 0.2) is 48.5 Å². The van der Waals surface area contributed by atoms with Gasteiger partial charge in [-0.25, -0.2) is 4.39 Å². The Hall–Kier alpha value is -2.03. The molecule has 0 bridgehead atoms. The molecule has 1 aliphatic rings. The molecule has 3 heteroatoms. The fourth-order valence-electron chi connectivity index (χ4n) is 2.59. The third kappa shape index (κ3) is 2.55. The lowest BCUT2D eigenvalue weighted by atomic mass is 9.75. The van der Waals surface area contributed by atoms with Crippen molar-refractivity contribution in [2.24, 2.45) is 0 Å². The molecular formula is C16H16FNO. The standard InChI is InChI=1S/C16H16FNO/c17-16-4-2-1-3-15(16)11-9-13(10-11)18-12-5-7-14(19)8-6-12/h1-8,11,13,18-19H,9-10H2. The molecule has 0 unspecified atom stereocenters. The minimum absolute atomic E-state index is 0.101. The number of rotatable bonds is 3. The molecule has 1 saturated carbocycles. The average molecular weight is 257 g/mol. The van der Waals surface area contributed by atoms with Gasteiger partial charge in [0.1, 0.15) is 11.6 Å². The lowest BCUT2D eigenvalue weighted by Gasteiger charge is -2.37. The molecule has 0 heterocycles. The van der Waals surface area contributed by atoms with Gasteiger partial charge < -0.3 is 10.4 Å². The summed E-state index contributed by atoms with van der Waals surface area (Å²) in [6.07, 6.45) is 1.89. The topological polar surface area (TPSA) is 32.3 Å². The highest BCUT2D eigenvalue weighted by molar-refractivity contribution is 5.47. The highest BCUT2D eigenvalue weighted by Gasteiger charge is 2.31. The minimum Gasteiger partial charge on any atom is -0.508 e. The Kier molecular flexibility index (Phi) is 3.11. The van der Waals surface area contributed by atoms with E-state index < -0.39 is 0 Å². The van der Waals surface area contributed by atoms with E-state index in [9.17, 15) is 9.50 Å². The van der Waals surface area contributed by atoms with Crippen molar-refractivity contribution < 1.29 is 9.50 Å². The zero-order valence-corrected chi connectivity index (χ0v) is 10.5. The van der Waals surface area contributed by atoms with Crippen molar-refractivity contribution in [2.45, 2.75) is 24.8 Å². The van der Waals surface area contributed by atoms with Crippen molar-refractivity contribution in [3.63, 3.8) is 0 Å². The number of benzene rings is 2. The van der Waals surface area contributed by atoms with E-state index in [4.69, 9.17) is 0 Å². The van der Waals surface area contributed by atoms with E-state index in [-0.39, 0.29) is 11.6 Å². The molecule has 0 amide bonds. The van der Waals surface area contributed by atoms with Crippen LogP contribution in [0.3, 0.4) is 0 Å². The van der Waals surface area contributed by atoms with Crippen molar-refractivity contribution in [1.29, 1.82) is 0 Å². The number of phenolic OH excluding ortho intramolecular Hbond substituents is 1. The molecule has 2 aromatic carbocycles. The van der Waals surface area contributed by atoms with E-state index in [0.717, 1.165) is 24.1 Å². The molecule has 0 aliphatic heterocycles. The van der Waals surface area contributed by atoms with E-state index in [1.165, 1.54) is 6.07 Å². The number of anilines is 1.